The fourth-order valence-electron chi connectivity index (χ4n) is 3.30. The molecular weight excluding hydrogens is 416 g/mol. The van der Waals surface area contributed by atoms with Crippen molar-refractivity contribution in [2.75, 3.05) is 24.4 Å². The van der Waals surface area contributed by atoms with Gasteiger partial charge in [-0.25, -0.2) is 15.0 Å². The van der Waals surface area contributed by atoms with Crippen LogP contribution in [0.4, 0.5) is 11.4 Å². The maximum atomic E-state index is 8.42. The predicted octanol–water partition coefficient (Wildman–Crippen LogP) is 5.16. The molecule has 174 valence electrons. The number of nitrogens with zero attached hydrogens (tertiary/aromatic N) is 3. The van der Waals surface area contributed by atoms with Crippen molar-refractivity contribution in [3.8, 4) is 23.0 Å². The second-order valence-corrected chi connectivity index (χ2v) is 7.71. The lowest BCUT2D eigenvalue weighted by molar-refractivity contribution is 0.328. The minimum absolute atomic E-state index is 0.217. The largest absolute Gasteiger partial charge is 0.481 e. The van der Waals surface area contributed by atoms with Gasteiger partial charge in [0.15, 0.2) is 0 Å². The van der Waals surface area contributed by atoms with Crippen molar-refractivity contribution >= 4 is 17.1 Å². The summed E-state index contributed by atoms with van der Waals surface area (Å²) in [6.07, 6.45) is 4.37. The zero-order chi connectivity index (χ0) is 23.8. The summed E-state index contributed by atoms with van der Waals surface area (Å²) in [7, 11) is 1.60. The lowest BCUT2D eigenvalue weighted by Crippen LogP contribution is -2.19. The molecule has 0 amide bonds. The Hall–Kier alpha value is -3.68. The number of nitrogens with one attached hydrogen (secondary N) is 3. The molecule has 8 heteroatoms. The third-order valence-corrected chi connectivity index (χ3v) is 5.20. The van der Waals surface area contributed by atoms with Crippen molar-refractivity contribution in [2.45, 2.75) is 46.7 Å². The Morgan fingerprint density at radius 3 is 2.67 bits per heavy atom. The van der Waals surface area contributed by atoms with E-state index in [4.69, 9.17) is 19.9 Å². The molecule has 3 aromatic rings. The molecule has 0 aliphatic rings. The van der Waals surface area contributed by atoms with Gasteiger partial charge in [0, 0.05) is 31.0 Å². The first-order valence-corrected chi connectivity index (χ1v) is 11.1. The highest BCUT2D eigenvalue weighted by atomic mass is 16.5. The Kier molecular flexibility index (Phi) is 8.18. The fourth-order valence-corrected chi connectivity index (χ4v) is 3.30. The number of hydrogen-bond donors (Lipinski definition) is 3. The molecule has 0 radical (unpaired) electrons. The van der Waals surface area contributed by atoms with Crippen molar-refractivity contribution in [3.05, 3.63) is 54.0 Å². The standard InChI is InChI=1S/C25H32N6O2/c1-6-16(3)30-24-21(29-15-18-10-12-27-22(13-18)32-5)14-20(31-23(24)17(4)26)19-9-8-11-28-25(19)33-7-2/h8-14,16,26,30H,6-7,15H2,1-5H3,(H,29,31). The highest BCUT2D eigenvalue weighted by Crippen LogP contribution is 2.35. The summed E-state index contributed by atoms with van der Waals surface area (Å²) in [6, 6.07) is 9.83. The molecule has 0 bridgehead atoms. The molecule has 8 nitrogen and oxygen atoms in total. The summed E-state index contributed by atoms with van der Waals surface area (Å²) < 4.78 is 11.0. The molecule has 0 fully saturated rings. The van der Waals surface area contributed by atoms with Gasteiger partial charge in [-0.05, 0) is 57.0 Å². The normalized spacial score (nSPS) is 11.5. The van der Waals surface area contributed by atoms with E-state index < -0.39 is 0 Å². The quantitative estimate of drug-likeness (QED) is 0.348. The van der Waals surface area contributed by atoms with E-state index in [-0.39, 0.29) is 6.04 Å². The molecule has 0 spiro atoms. The molecule has 1 atom stereocenters. The van der Waals surface area contributed by atoms with E-state index in [0.29, 0.717) is 42.0 Å². The molecule has 0 aliphatic carbocycles. The van der Waals surface area contributed by atoms with Gasteiger partial charge in [-0.2, -0.15) is 0 Å². The summed E-state index contributed by atoms with van der Waals surface area (Å²) in [6.45, 7) is 8.97. The van der Waals surface area contributed by atoms with Crippen molar-refractivity contribution < 1.29 is 9.47 Å². The van der Waals surface area contributed by atoms with Crippen LogP contribution in [0, 0.1) is 5.41 Å². The van der Waals surface area contributed by atoms with Crippen molar-refractivity contribution in [2.24, 2.45) is 0 Å². The first-order chi connectivity index (χ1) is 16.0. The van der Waals surface area contributed by atoms with Gasteiger partial charge in [-0.3, -0.25) is 0 Å². The fraction of sp³-hybridized carbons (Fsp3) is 0.360. The van der Waals surface area contributed by atoms with E-state index in [0.717, 1.165) is 28.9 Å². The van der Waals surface area contributed by atoms with Gasteiger partial charge in [-0.15, -0.1) is 0 Å². The summed E-state index contributed by atoms with van der Waals surface area (Å²) in [4.78, 5) is 13.4. The Labute approximate surface area is 195 Å². The van der Waals surface area contributed by atoms with Gasteiger partial charge in [0.05, 0.1) is 42.1 Å². The second kappa shape index (κ2) is 11.3. The Bertz CT molecular complexity index is 1100. The molecule has 3 rings (SSSR count). The minimum Gasteiger partial charge on any atom is -0.481 e. The predicted molar refractivity (Wildman–Crippen MR) is 133 cm³/mol. The van der Waals surface area contributed by atoms with Gasteiger partial charge in [0.25, 0.3) is 0 Å². The van der Waals surface area contributed by atoms with Crippen LogP contribution in [0.1, 0.15) is 45.4 Å². The maximum absolute atomic E-state index is 8.42. The van der Waals surface area contributed by atoms with E-state index in [2.05, 4.69) is 34.4 Å². The van der Waals surface area contributed by atoms with Crippen LogP contribution in [0.25, 0.3) is 11.3 Å². The molecule has 3 aromatic heterocycles. The van der Waals surface area contributed by atoms with Crippen LogP contribution in [0.5, 0.6) is 11.8 Å². The van der Waals surface area contributed by atoms with E-state index in [1.54, 1.807) is 26.4 Å². The van der Waals surface area contributed by atoms with Gasteiger partial charge in [-0.1, -0.05) is 6.92 Å². The van der Waals surface area contributed by atoms with Crippen molar-refractivity contribution in [1.29, 1.82) is 5.41 Å². The average Bonchev–Trinajstić information content (AvgIpc) is 2.83. The van der Waals surface area contributed by atoms with Gasteiger partial charge in [0.2, 0.25) is 11.8 Å². The Morgan fingerprint density at radius 2 is 1.97 bits per heavy atom. The Morgan fingerprint density at radius 1 is 1.15 bits per heavy atom. The number of methoxy groups -OCH3 is 1. The van der Waals surface area contributed by atoms with Crippen LogP contribution in [-0.2, 0) is 6.54 Å². The van der Waals surface area contributed by atoms with E-state index in [9.17, 15) is 0 Å². The lowest BCUT2D eigenvalue weighted by Gasteiger charge is -2.22. The third-order valence-electron chi connectivity index (χ3n) is 5.20. The zero-order valence-corrected chi connectivity index (χ0v) is 19.9. The van der Waals surface area contributed by atoms with Crippen LogP contribution >= 0.6 is 0 Å². The van der Waals surface area contributed by atoms with Crippen molar-refractivity contribution in [3.63, 3.8) is 0 Å². The summed E-state index contributed by atoms with van der Waals surface area (Å²) in [5, 5.41) is 15.5. The monoisotopic (exact) mass is 448 g/mol. The van der Waals surface area contributed by atoms with E-state index in [1.807, 2.05) is 37.3 Å². The van der Waals surface area contributed by atoms with E-state index in [1.165, 1.54) is 0 Å². The molecule has 3 heterocycles. The number of hydrogen-bond acceptors (Lipinski definition) is 8. The number of anilines is 2. The number of pyridine rings is 3. The molecule has 1 unspecified atom stereocenters. The SMILES string of the molecule is CCOc1ncccc1-c1cc(NCc2ccnc(OC)c2)c(NC(C)CC)c(C(C)=N)n1. The second-order valence-electron chi connectivity index (χ2n) is 7.71. The van der Waals surface area contributed by atoms with Crippen LogP contribution < -0.4 is 20.1 Å². The van der Waals surface area contributed by atoms with Crippen LogP contribution in [0.2, 0.25) is 0 Å². The summed E-state index contributed by atoms with van der Waals surface area (Å²) in [5.41, 5.74) is 5.13. The van der Waals surface area contributed by atoms with Gasteiger partial charge < -0.3 is 25.5 Å². The highest BCUT2D eigenvalue weighted by molar-refractivity contribution is 6.03. The number of ether oxygens (including phenoxy) is 2. The van der Waals surface area contributed by atoms with Gasteiger partial charge >= 0.3 is 0 Å². The molecule has 0 aromatic carbocycles. The number of rotatable bonds is 11. The van der Waals surface area contributed by atoms with Crippen molar-refractivity contribution in [1.82, 2.24) is 15.0 Å². The number of aromatic nitrogens is 3. The minimum atomic E-state index is 0.217. The van der Waals surface area contributed by atoms with E-state index >= 15 is 0 Å². The molecule has 0 aliphatic heterocycles. The summed E-state index contributed by atoms with van der Waals surface area (Å²) in [5.74, 6) is 1.09. The topological polar surface area (TPSA) is 105 Å². The van der Waals surface area contributed by atoms with Crippen LogP contribution in [0.15, 0.2) is 42.7 Å². The maximum Gasteiger partial charge on any atom is 0.222 e. The van der Waals surface area contributed by atoms with Crippen LogP contribution in [0.3, 0.4) is 0 Å². The third kappa shape index (κ3) is 5.97. The molecule has 0 saturated heterocycles. The molecule has 33 heavy (non-hydrogen) atoms. The Balaban J connectivity index is 2.09. The highest BCUT2D eigenvalue weighted by Gasteiger charge is 2.19. The zero-order valence-electron chi connectivity index (χ0n) is 19.9. The molecular formula is C25H32N6O2. The van der Waals surface area contributed by atoms with Crippen LogP contribution in [-0.4, -0.2) is 40.4 Å². The first-order valence-electron chi connectivity index (χ1n) is 11.1. The smallest absolute Gasteiger partial charge is 0.222 e. The molecule has 0 saturated carbocycles. The first kappa shape index (κ1) is 24.0. The summed E-state index contributed by atoms with van der Waals surface area (Å²) >= 11 is 0. The van der Waals surface area contributed by atoms with Gasteiger partial charge in [0.1, 0.15) is 5.69 Å². The average molecular weight is 449 g/mol. The lowest BCUT2D eigenvalue weighted by atomic mass is 10.1. The molecule has 3 N–H and O–H groups in total.